The van der Waals surface area contributed by atoms with E-state index in [2.05, 4.69) is 10.3 Å². The number of urea groups is 1. The molecule has 1 aliphatic heterocycles. The van der Waals surface area contributed by atoms with Gasteiger partial charge in [-0.25, -0.2) is 18.9 Å². The van der Waals surface area contributed by atoms with Crippen LogP contribution in [0.3, 0.4) is 0 Å². The molecule has 5 rings (SSSR count). The number of hydrogen-bond donors (Lipinski definition) is 1. The molecule has 2 aromatic carbocycles. The van der Waals surface area contributed by atoms with Crippen LogP contribution in [0, 0.1) is 12.7 Å². The summed E-state index contributed by atoms with van der Waals surface area (Å²) in [5.74, 6) is -0.606. The number of Topliss-reactive ketones (excluding diaryl/α,β-unsaturated/α-hetero) is 1. The average molecular weight is 546 g/mol. The first-order valence-electron chi connectivity index (χ1n) is 12.7. The van der Waals surface area contributed by atoms with Crippen molar-refractivity contribution >= 4 is 17.6 Å². The van der Waals surface area contributed by atoms with Gasteiger partial charge in [0.15, 0.2) is 17.3 Å². The lowest BCUT2D eigenvalue weighted by Gasteiger charge is -2.26. The molecule has 0 radical (unpaired) electrons. The second-order valence-electron chi connectivity index (χ2n) is 9.31. The molecule has 4 aromatic rings. The lowest BCUT2D eigenvalue weighted by atomic mass is 10.0. The minimum absolute atomic E-state index is 0.0600. The van der Waals surface area contributed by atoms with Gasteiger partial charge < -0.3 is 14.4 Å². The number of amides is 2. The van der Waals surface area contributed by atoms with Crippen molar-refractivity contribution in [3.8, 4) is 17.2 Å². The van der Waals surface area contributed by atoms with Gasteiger partial charge in [-0.1, -0.05) is 24.3 Å². The highest BCUT2D eigenvalue weighted by atomic mass is 19.1. The Morgan fingerprint density at radius 2 is 1.82 bits per heavy atom. The molecular formula is C29H28FN5O5. The molecule has 3 heterocycles. The fourth-order valence-corrected chi connectivity index (χ4v) is 4.53. The molecule has 0 saturated carbocycles. The van der Waals surface area contributed by atoms with Gasteiger partial charge in [-0.3, -0.25) is 19.6 Å². The third kappa shape index (κ3) is 5.64. The standard InChI is InChI=1S/C29H28FN5O5/c1-19-27(28(37)35(33(19)2)21-6-4-3-5-7-21)24(36)17-20-8-9-25(23(30)16-20)40-22-10-11-31-26(18-22)32-29(38)34-12-14-39-15-13-34/h3-11,16,18H,12-15,17H2,1-2H3,(H,31,32,38). The molecule has 1 fully saturated rings. The van der Waals surface area contributed by atoms with Crippen molar-refractivity contribution in [2.45, 2.75) is 13.3 Å². The number of hydrogen-bond acceptors (Lipinski definition) is 6. The van der Waals surface area contributed by atoms with E-state index in [1.54, 1.807) is 41.8 Å². The number of carbonyl (C=O) groups is 2. The van der Waals surface area contributed by atoms with Crippen LogP contribution in [0.4, 0.5) is 15.0 Å². The number of para-hydroxylation sites is 1. The normalized spacial score (nSPS) is 13.2. The highest BCUT2D eigenvalue weighted by molar-refractivity contribution is 5.98. The summed E-state index contributed by atoms with van der Waals surface area (Å²) in [4.78, 5) is 44.5. The topological polar surface area (TPSA) is 108 Å². The predicted octanol–water partition coefficient (Wildman–Crippen LogP) is 4.10. The molecule has 0 bridgehead atoms. The summed E-state index contributed by atoms with van der Waals surface area (Å²) in [6, 6.07) is 16.0. The van der Waals surface area contributed by atoms with Crippen LogP contribution in [0.1, 0.15) is 21.6 Å². The third-order valence-corrected chi connectivity index (χ3v) is 6.69. The molecule has 40 heavy (non-hydrogen) atoms. The minimum atomic E-state index is -0.674. The van der Waals surface area contributed by atoms with Gasteiger partial charge in [0, 0.05) is 44.5 Å². The Morgan fingerprint density at radius 1 is 1.07 bits per heavy atom. The maximum Gasteiger partial charge on any atom is 0.323 e. The van der Waals surface area contributed by atoms with Crippen molar-refractivity contribution in [2.24, 2.45) is 7.05 Å². The SMILES string of the molecule is Cc1c(C(=O)Cc2ccc(Oc3ccnc(NC(=O)N4CCOCC4)c3)c(F)c2)c(=O)n(-c2ccccc2)n1C. The molecule has 206 valence electrons. The van der Waals surface area contributed by atoms with Gasteiger partial charge in [0.05, 0.1) is 18.9 Å². The van der Waals surface area contributed by atoms with Gasteiger partial charge in [0.25, 0.3) is 5.56 Å². The molecule has 11 heteroatoms. The van der Waals surface area contributed by atoms with Crippen molar-refractivity contribution in [2.75, 3.05) is 31.6 Å². The second kappa shape index (κ2) is 11.5. The summed E-state index contributed by atoms with van der Waals surface area (Å²) in [6.45, 7) is 3.62. The number of nitrogens with one attached hydrogen (secondary N) is 1. The zero-order valence-corrected chi connectivity index (χ0v) is 22.1. The smallest absolute Gasteiger partial charge is 0.323 e. The van der Waals surface area contributed by atoms with Crippen LogP contribution < -0.4 is 15.6 Å². The first kappa shape index (κ1) is 26.8. The summed E-state index contributed by atoms with van der Waals surface area (Å²) >= 11 is 0. The number of morpholine rings is 1. The van der Waals surface area contributed by atoms with Crippen LogP contribution in [0.15, 0.2) is 71.7 Å². The van der Waals surface area contributed by atoms with Crippen molar-refractivity contribution < 1.29 is 23.5 Å². The van der Waals surface area contributed by atoms with E-state index in [1.807, 2.05) is 18.2 Å². The highest BCUT2D eigenvalue weighted by Gasteiger charge is 2.23. The van der Waals surface area contributed by atoms with E-state index in [9.17, 15) is 18.8 Å². The third-order valence-electron chi connectivity index (χ3n) is 6.69. The van der Waals surface area contributed by atoms with E-state index in [4.69, 9.17) is 9.47 Å². The van der Waals surface area contributed by atoms with Crippen LogP contribution in [-0.2, 0) is 18.2 Å². The van der Waals surface area contributed by atoms with Crippen LogP contribution in [0.25, 0.3) is 5.69 Å². The van der Waals surface area contributed by atoms with Crippen LogP contribution in [0.2, 0.25) is 0 Å². The fourth-order valence-electron chi connectivity index (χ4n) is 4.53. The van der Waals surface area contributed by atoms with Gasteiger partial charge in [-0.05, 0) is 42.8 Å². The fraction of sp³-hybridized carbons (Fsp3) is 0.241. The Morgan fingerprint density at radius 3 is 2.55 bits per heavy atom. The zero-order chi connectivity index (χ0) is 28.2. The van der Waals surface area contributed by atoms with Crippen molar-refractivity contribution in [3.63, 3.8) is 0 Å². The lowest BCUT2D eigenvalue weighted by molar-refractivity contribution is 0.0564. The number of nitrogens with zero attached hydrogens (tertiary/aromatic N) is 4. The van der Waals surface area contributed by atoms with Gasteiger partial charge in [-0.15, -0.1) is 0 Å². The Kier molecular flexibility index (Phi) is 7.74. The lowest BCUT2D eigenvalue weighted by Crippen LogP contribution is -2.43. The van der Waals surface area contributed by atoms with E-state index in [1.165, 1.54) is 35.1 Å². The van der Waals surface area contributed by atoms with Crippen LogP contribution in [0.5, 0.6) is 11.5 Å². The molecule has 2 aromatic heterocycles. The van der Waals surface area contributed by atoms with E-state index < -0.39 is 17.2 Å². The van der Waals surface area contributed by atoms with Crippen molar-refractivity contribution in [1.82, 2.24) is 19.2 Å². The Bertz CT molecular complexity index is 1610. The predicted molar refractivity (Wildman–Crippen MR) is 146 cm³/mol. The summed E-state index contributed by atoms with van der Waals surface area (Å²) in [5, 5.41) is 2.70. The van der Waals surface area contributed by atoms with Crippen molar-refractivity contribution in [1.29, 1.82) is 0 Å². The Balaban J connectivity index is 1.28. The summed E-state index contributed by atoms with van der Waals surface area (Å²) < 4.78 is 29.0. The number of halogens is 1. The largest absolute Gasteiger partial charge is 0.454 e. The molecule has 2 amide bonds. The number of pyridine rings is 1. The molecule has 0 unspecified atom stereocenters. The van der Waals surface area contributed by atoms with E-state index in [0.29, 0.717) is 43.2 Å². The summed E-state index contributed by atoms with van der Waals surface area (Å²) in [6.07, 6.45) is 1.29. The molecule has 1 aliphatic rings. The van der Waals surface area contributed by atoms with E-state index in [0.717, 1.165) is 0 Å². The number of ether oxygens (including phenoxy) is 2. The monoisotopic (exact) mass is 545 g/mol. The first-order valence-corrected chi connectivity index (χ1v) is 12.7. The van der Waals surface area contributed by atoms with Gasteiger partial charge in [0.1, 0.15) is 17.1 Å². The van der Waals surface area contributed by atoms with Gasteiger partial charge in [-0.2, -0.15) is 0 Å². The highest BCUT2D eigenvalue weighted by Crippen LogP contribution is 2.27. The second-order valence-corrected chi connectivity index (χ2v) is 9.31. The number of aromatic nitrogens is 3. The van der Waals surface area contributed by atoms with Crippen LogP contribution >= 0.6 is 0 Å². The number of rotatable bonds is 7. The molecule has 1 saturated heterocycles. The van der Waals surface area contributed by atoms with Gasteiger partial charge >= 0.3 is 6.03 Å². The molecule has 10 nitrogen and oxygen atoms in total. The zero-order valence-electron chi connectivity index (χ0n) is 22.1. The molecule has 0 spiro atoms. The van der Waals surface area contributed by atoms with Gasteiger partial charge in [0.2, 0.25) is 0 Å². The maximum atomic E-state index is 15.0. The number of anilines is 1. The maximum absolute atomic E-state index is 15.0. The van der Waals surface area contributed by atoms with Crippen LogP contribution in [-0.4, -0.2) is 57.4 Å². The summed E-state index contributed by atoms with van der Waals surface area (Å²) in [7, 11) is 1.71. The first-order chi connectivity index (χ1) is 19.3. The molecule has 0 aliphatic carbocycles. The molecular weight excluding hydrogens is 517 g/mol. The Labute approximate surface area is 229 Å². The Hall–Kier alpha value is -4.77. The van der Waals surface area contributed by atoms with E-state index >= 15 is 0 Å². The number of ketones is 1. The van der Waals surface area contributed by atoms with E-state index in [-0.39, 0.29) is 35.3 Å². The number of carbonyl (C=O) groups excluding carboxylic acids is 2. The summed E-state index contributed by atoms with van der Waals surface area (Å²) in [5.41, 5.74) is 1.21. The molecule has 0 atom stereocenters. The quantitative estimate of drug-likeness (QED) is 0.351. The minimum Gasteiger partial charge on any atom is -0.454 e. The average Bonchev–Trinajstić information content (AvgIpc) is 3.18. The number of benzene rings is 2. The van der Waals surface area contributed by atoms with Crippen molar-refractivity contribution in [3.05, 3.63) is 99.9 Å². The molecule has 1 N–H and O–H groups in total.